The van der Waals surface area contributed by atoms with Crippen molar-refractivity contribution >= 4 is 22.4 Å². The third-order valence-corrected chi connectivity index (χ3v) is 3.02. The highest BCUT2D eigenvalue weighted by Gasteiger charge is 2.13. The lowest BCUT2D eigenvalue weighted by Gasteiger charge is -2.13. The fourth-order valence-electron chi connectivity index (χ4n) is 1.47. The van der Waals surface area contributed by atoms with E-state index in [0.717, 1.165) is 6.54 Å². The van der Waals surface area contributed by atoms with Crippen molar-refractivity contribution in [3.05, 3.63) is 24.0 Å². The summed E-state index contributed by atoms with van der Waals surface area (Å²) >= 11 is 1.20. The number of nitrogens with one attached hydrogen (secondary N) is 1. The van der Waals surface area contributed by atoms with E-state index in [1.54, 1.807) is 6.20 Å². The first-order valence-electron chi connectivity index (χ1n) is 5.10. The average Bonchev–Trinajstić information content (AvgIpc) is 2.89. The molecule has 0 radical (unpaired) electrons. The summed E-state index contributed by atoms with van der Waals surface area (Å²) in [6, 6.07) is 4.06. The van der Waals surface area contributed by atoms with Gasteiger partial charge < -0.3 is 11.1 Å². The summed E-state index contributed by atoms with van der Waals surface area (Å²) in [5.41, 5.74) is 6.00. The highest BCUT2D eigenvalue weighted by atomic mass is 32.1. The monoisotopic (exact) mass is 248 g/mol. The molecular formula is C10H12N6S. The van der Waals surface area contributed by atoms with Crippen molar-refractivity contribution in [1.29, 1.82) is 5.26 Å². The van der Waals surface area contributed by atoms with Crippen LogP contribution in [0.3, 0.4) is 0 Å². The second-order valence-corrected chi connectivity index (χ2v) is 4.43. The largest absolute Gasteiger partial charge is 0.382 e. The zero-order chi connectivity index (χ0) is 12.3. The molecule has 2 heterocycles. The van der Waals surface area contributed by atoms with Gasteiger partial charge in [0.25, 0.3) is 0 Å². The van der Waals surface area contributed by atoms with Crippen LogP contribution in [-0.2, 0) is 6.54 Å². The van der Waals surface area contributed by atoms with E-state index in [4.69, 9.17) is 11.0 Å². The molecule has 88 valence electrons. The van der Waals surface area contributed by atoms with Gasteiger partial charge in [0, 0.05) is 18.4 Å². The Hall–Kier alpha value is -2.07. The Morgan fingerprint density at radius 1 is 1.71 bits per heavy atom. The van der Waals surface area contributed by atoms with E-state index >= 15 is 0 Å². The Labute approximate surface area is 103 Å². The van der Waals surface area contributed by atoms with Crippen LogP contribution < -0.4 is 11.1 Å². The Kier molecular flexibility index (Phi) is 3.25. The van der Waals surface area contributed by atoms with Crippen LogP contribution in [-0.4, -0.2) is 20.2 Å². The van der Waals surface area contributed by atoms with Gasteiger partial charge in [-0.2, -0.15) is 14.7 Å². The summed E-state index contributed by atoms with van der Waals surface area (Å²) < 4.78 is 5.78. The lowest BCUT2D eigenvalue weighted by atomic mass is 10.3. The predicted molar refractivity (Wildman–Crippen MR) is 66.6 cm³/mol. The van der Waals surface area contributed by atoms with E-state index in [1.807, 2.05) is 29.9 Å². The molecule has 0 aliphatic rings. The first kappa shape index (κ1) is 11.4. The Morgan fingerprint density at radius 3 is 3.18 bits per heavy atom. The minimum Gasteiger partial charge on any atom is -0.382 e. The molecule has 0 amide bonds. The van der Waals surface area contributed by atoms with Crippen LogP contribution in [0.2, 0.25) is 0 Å². The van der Waals surface area contributed by atoms with Crippen molar-refractivity contribution in [2.75, 3.05) is 11.1 Å². The molecule has 0 spiro atoms. The van der Waals surface area contributed by atoms with Crippen molar-refractivity contribution in [1.82, 2.24) is 14.2 Å². The summed E-state index contributed by atoms with van der Waals surface area (Å²) in [6.45, 7) is 2.73. The van der Waals surface area contributed by atoms with Crippen LogP contribution in [0.15, 0.2) is 18.5 Å². The molecule has 3 N–H and O–H groups in total. The molecule has 1 atom stereocenters. The Morgan fingerprint density at radius 2 is 2.53 bits per heavy atom. The summed E-state index contributed by atoms with van der Waals surface area (Å²) in [6.07, 6.45) is 3.63. The van der Waals surface area contributed by atoms with Crippen LogP contribution >= 0.6 is 11.5 Å². The van der Waals surface area contributed by atoms with Crippen LogP contribution in [0.1, 0.15) is 12.5 Å². The number of aromatic nitrogens is 3. The standard InChI is InChI=1S/C10H12N6S/c1-7(6-16-4-2-3-13-16)14-10-8(5-11)9(12)15-17-10/h2-4,7,14H,6H2,1H3,(H2,12,15). The minimum absolute atomic E-state index is 0.141. The van der Waals surface area contributed by atoms with Gasteiger partial charge in [-0.3, -0.25) is 4.68 Å². The normalized spacial score (nSPS) is 12.0. The van der Waals surface area contributed by atoms with E-state index < -0.39 is 0 Å². The summed E-state index contributed by atoms with van der Waals surface area (Å²) in [4.78, 5) is 0. The fraction of sp³-hybridized carbons (Fsp3) is 0.300. The zero-order valence-electron chi connectivity index (χ0n) is 9.29. The van der Waals surface area contributed by atoms with Crippen molar-refractivity contribution in [3.63, 3.8) is 0 Å². The van der Waals surface area contributed by atoms with E-state index in [1.165, 1.54) is 11.5 Å². The van der Waals surface area contributed by atoms with Crippen LogP contribution in [0.4, 0.5) is 10.8 Å². The SMILES string of the molecule is CC(Cn1cccn1)Nc1snc(N)c1C#N. The minimum atomic E-state index is 0.141. The zero-order valence-corrected chi connectivity index (χ0v) is 10.1. The second kappa shape index (κ2) is 4.84. The molecule has 2 rings (SSSR count). The Balaban J connectivity index is 2.03. The summed E-state index contributed by atoms with van der Waals surface area (Å²) in [5.74, 6) is 0.284. The number of nitrogens with two attached hydrogens (primary N) is 1. The molecule has 0 fully saturated rings. The fourth-order valence-corrected chi connectivity index (χ4v) is 2.24. The maximum Gasteiger partial charge on any atom is 0.157 e. The summed E-state index contributed by atoms with van der Waals surface area (Å²) in [5, 5.41) is 17.0. The molecule has 0 saturated heterocycles. The quantitative estimate of drug-likeness (QED) is 0.850. The van der Waals surface area contributed by atoms with Gasteiger partial charge in [0.15, 0.2) is 5.82 Å². The van der Waals surface area contributed by atoms with Crippen molar-refractivity contribution in [2.24, 2.45) is 0 Å². The molecule has 2 aromatic heterocycles. The molecule has 7 heteroatoms. The van der Waals surface area contributed by atoms with E-state index in [0.29, 0.717) is 10.6 Å². The number of hydrogen-bond acceptors (Lipinski definition) is 6. The summed E-state index contributed by atoms with van der Waals surface area (Å²) in [7, 11) is 0. The number of rotatable bonds is 4. The van der Waals surface area contributed by atoms with Crippen molar-refractivity contribution in [3.8, 4) is 6.07 Å². The molecule has 0 aliphatic heterocycles. The van der Waals surface area contributed by atoms with Gasteiger partial charge >= 0.3 is 0 Å². The molecular weight excluding hydrogens is 236 g/mol. The molecule has 2 aromatic rings. The highest BCUT2D eigenvalue weighted by Crippen LogP contribution is 2.26. The average molecular weight is 248 g/mol. The van der Waals surface area contributed by atoms with Gasteiger partial charge in [0.05, 0.1) is 6.54 Å². The van der Waals surface area contributed by atoms with Crippen LogP contribution in [0, 0.1) is 11.3 Å². The highest BCUT2D eigenvalue weighted by molar-refractivity contribution is 7.10. The van der Waals surface area contributed by atoms with Gasteiger partial charge in [-0.05, 0) is 24.5 Å². The first-order chi connectivity index (χ1) is 8.20. The number of anilines is 2. The van der Waals surface area contributed by atoms with E-state index in [9.17, 15) is 0 Å². The van der Waals surface area contributed by atoms with Gasteiger partial charge in [-0.15, -0.1) is 0 Å². The lowest BCUT2D eigenvalue weighted by molar-refractivity contribution is 0.561. The number of nitriles is 1. The molecule has 0 aromatic carbocycles. The topological polar surface area (TPSA) is 92.6 Å². The van der Waals surface area contributed by atoms with Gasteiger partial charge in [-0.25, -0.2) is 0 Å². The molecule has 0 bridgehead atoms. The first-order valence-corrected chi connectivity index (χ1v) is 5.87. The van der Waals surface area contributed by atoms with Crippen molar-refractivity contribution < 1.29 is 0 Å². The molecule has 17 heavy (non-hydrogen) atoms. The van der Waals surface area contributed by atoms with Gasteiger partial charge in [-0.1, -0.05) is 0 Å². The van der Waals surface area contributed by atoms with Gasteiger partial charge in [0.2, 0.25) is 0 Å². The third-order valence-electron chi connectivity index (χ3n) is 2.23. The maximum absolute atomic E-state index is 8.94. The van der Waals surface area contributed by atoms with Crippen LogP contribution in [0.5, 0.6) is 0 Å². The molecule has 1 unspecified atom stereocenters. The second-order valence-electron chi connectivity index (χ2n) is 3.66. The number of nitrogen functional groups attached to an aromatic ring is 1. The van der Waals surface area contributed by atoms with Gasteiger partial charge in [0.1, 0.15) is 16.6 Å². The van der Waals surface area contributed by atoms with E-state index in [-0.39, 0.29) is 11.9 Å². The van der Waals surface area contributed by atoms with Crippen molar-refractivity contribution in [2.45, 2.75) is 19.5 Å². The smallest absolute Gasteiger partial charge is 0.157 e. The number of hydrogen-bond donors (Lipinski definition) is 2. The van der Waals surface area contributed by atoms with Crippen LogP contribution in [0.25, 0.3) is 0 Å². The third kappa shape index (κ3) is 2.54. The predicted octanol–water partition coefficient (Wildman–Crippen LogP) is 1.29. The molecule has 0 aliphatic carbocycles. The maximum atomic E-state index is 8.94. The lowest BCUT2D eigenvalue weighted by Crippen LogP contribution is -2.22. The molecule has 6 nitrogen and oxygen atoms in total. The Bertz CT molecular complexity index is 523. The molecule has 0 saturated carbocycles. The van der Waals surface area contributed by atoms with E-state index in [2.05, 4.69) is 14.8 Å². The number of nitrogens with zero attached hydrogens (tertiary/aromatic N) is 4.